The van der Waals surface area contributed by atoms with Crippen molar-refractivity contribution in [3.63, 3.8) is 0 Å². The number of nitrogens with zero attached hydrogens (tertiary/aromatic N) is 1. The van der Waals surface area contributed by atoms with Crippen LogP contribution in [0, 0.1) is 0 Å². The first-order chi connectivity index (χ1) is 8.89. The van der Waals surface area contributed by atoms with Gasteiger partial charge in [0.1, 0.15) is 9.84 Å². The van der Waals surface area contributed by atoms with Gasteiger partial charge < -0.3 is 10.6 Å². The molecule has 122 valence electrons. The predicted molar refractivity (Wildman–Crippen MR) is 97.8 cm³/mol. The Hall–Kier alpha value is -0.0500. The van der Waals surface area contributed by atoms with E-state index in [0.29, 0.717) is 6.42 Å². The Morgan fingerprint density at radius 2 is 1.90 bits per heavy atom. The minimum atomic E-state index is -2.89. The highest BCUT2D eigenvalue weighted by atomic mass is 127. The molecule has 0 aliphatic heterocycles. The van der Waals surface area contributed by atoms with Crippen LogP contribution in [0.2, 0.25) is 0 Å². The third kappa shape index (κ3) is 14.4. The van der Waals surface area contributed by atoms with E-state index < -0.39 is 9.84 Å². The van der Waals surface area contributed by atoms with E-state index in [0.717, 1.165) is 25.5 Å². The lowest BCUT2D eigenvalue weighted by molar-refractivity contribution is 0.581. The number of hydrogen-bond acceptors (Lipinski definition) is 3. The van der Waals surface area contributed by atoms with Crippen molar-refractivity contribution in [2.75, 3.05) is 25.1 Å². The Labute approximate surface area is 141 Å². The molecule has 0 aromatic carbocycles. The van der Waals surface area contributed by atoms with Gasteiger partial charge in [0.05, 0.1) is 5.75 Å². The summed E-state index contributed by atoms with van der Waals surface area (Å²) in [5, 5.41) is 6.42. The van der Waals surface area contributed by atoms with Gasteiger partial charge in [0.2, 0.25) is 0 Å². The van der Waals surface area contributed by atoms with Crippen molar-refractivity contribution in [2.24, 2.45) is 4.99 Å². The summed E-state index contributed by atoms with van der Waals surface area (Å²) in [7, 11) is -2.89. The first-order valence-corrected chi connectivity index (χ1v) is 9.17. The molecule has 0 aliphatic rings. The van der Waals surface area contributed by atoms with Crippen LogP contribution in [0.3, 0.4) is 0 Å². The molecule has 0 fully saturated rings. The maximum absolute atomic E-state index is 11.1. The number of rotatable bonds is 9. The standard InChI is InChI=1S/C13H29N3O2S.HI/c1-5-7-8-10-15-13(14-6-2)16-12(3)9-11-19(4,17)18;/h12H,5-11H2,1-4H3,(H2,14,15,16);1H. The van der Waals surface area contributed by atoms with Crippen molar-refractivity contribution < 1.29 is 8.42 Å². The number of guanidine groups is 1. The zero-order valence-corrected chi connectivity index (χ0v) is 16.3. The third-order valence-electron chi connectivity index (χ3n) is 2.68. The van der Waals surface area contributed by atoms with E-state index in [1.165, 1.54) is 19.1 Å². The Morgan fingerprint density at radius 3 is 2.40 bits per heavy atom. The topological polar surface area (TPSA) is 70.6 Å². The summed E-state index contributed by atoms with van der Waals surface area (Å²) in [5.41, 5.74) is 0. The van der Waals surface area contributed by atoms with E-state index in [1.807, 2.05) is 13.8 Å². The fourth-order valence-electron chi connectivity index (χ4n) is 1.57. The fourth-order valence-corrected chi connectivity index (χ4v) is 2.35. The van der Waals surface area contributed by atoms with Crippen LogP contribution in [0.5, 0.6) is 0 Å². The molecule has 7 heteroatoms. The highest BCUT2D eigenvalue weighted by Gasteiger charge is 2.09. The molecule has 0 radical (unpaired) electrons. The largest absolute Gasteiger partial charge is 0.357 e. The molecule has 0 saturated heterocycles. The van der Waals surface area contributed by atoms with E-state index in [2.05, 4.69) is 22.5 Å². The zero-order chi connectivity index (χ0) is 14.7. The maximum Gasteiger partial charge on any atom is 0.191 e. The van der Waals surface area contributed by atoms with Crippen molar-refractivity contribution in [1.82, 2.24) is 10.6 Å². The molecule has 0 heterocycles. The van der Waals surface area contributed by atoms with Crippen LogP contribution in [0.25, 0.3) is 0 Å². The molecule has 0 aromatic heterocycles. The zero-order valence-electron chi connectivity index (χ0n) is 13.1. The number of halogens is 1. The Kier molecular flexibility index (Phi) is 14.1. The Bertz CT molecular complexity index is 359. The van der Waals surface area contributed by atoms with Crippen LogP contribution in [0.15, 0.2) is 4.99 Å². The normalized spacial score (nSPS) is 13.5. The van der Waals surface area contributed by atoms with Crippen LogP contribution in [-0.4, -0.2) is 45.5 Å². The van der Waals surface area contributed by atoms with Crippen molar-refractivity contribution in [1.29, 1.82) is 0 Å². The quantitative estimate of drug-likeness (QED) is 0.260. The van der Waals surface area contributed by atoms with Crippen LogP contribution >= 0.6 is 24.0 Å². The lowest BCUT2D eigenvalue weighted by Gasteiger charge is -2.17. The average molecular weight is 419 g/mol. The van der Waals surface area contributed by atoms with Crippen molar-refractivity contribution in [2.45, 2.75) is 52.5 Å². The van der Waals surface area contributed by atoms with Gasteiger partial charge in [-0.1, -0.05) is 19.8 Å². The molecular formula is C13H30IN3O2S. The molecule has 0 bridgehead atoms. The highest BCUT2D eigenvalue weighted by Crippen LogP contribution is 1.97. The van der Waals surface area contributed by atoms with Crippen molar-refractivity contribution >= 4 is 39.8 Å². The van der Waals surface area contributed by atoms with Gasteiger partial charge in [0.15, 0.2) is 5.96 Å². The number of hydrogen-bond donors (Lipinski definition) is 2. The SMILES string of the molecule is CCCCCN=C(NCC)NC(C)CCS(C)(=O)=O.I. The van der Waals surface area contributed by atoms with Gasteiger partial charge in [0, 0.05) is 25.4 Å². The number of sulfone groups is 1. The second-order valence-electron chi connectivity index (χ2n) is 4.93. The Morgan fingerprint density at radius 1 is 1.25 bits per heavy atom. The highest BCUT2D eigenvalue weighted by molar-refractivity contribution is 14.0. The summed E-state index contributed by atoms with van der Waals surface area (Å²) in [5.74, 6) is 0.982. The minimum absolute atomic E-state index is 0. The average Bonchev–Trinajstić information content (AvgIpc) is 2.31. The fraction of sp³-hybridized carbons (Fsp3) is 0.923. The summed E-state index contributed by atoms with van der Waals surface area (Å²) in [6.45, 7) is 7.77. The molecule has 2 N–H and O–H groups in total. The minimum Gasteiger partial charge on any atom is -0.357 e. The summed E-state index contributed by atoms with van der Waals surface area (Å²) >= 11 is 0. The number of unbranched alkanes of at least 4 members (excludes halogenated alkanes) is 2. The van der Waals surface area contributed by atoms with Gasteiger partial charge >= 0.3 is 0 Å². The molecule has 5 nitrogen and oxygen atoms in total. The van der Waals surface area contributed by atoms with Crippen LogP contribution in [0.1, 0.15) is 46.5 Å². The first-order valence-electron chi connectivity index (χ1n) is 7.11. The van der Waals surface area contributed by atoms with E-state index >= 15 is 0 Å². The second-order valence-corrected chi connectivity index (χ2v) is 7.19. The molecule has 20 heavy (non-hydrogen) atoms. The van der Waals surface area contributed by atoms with Gasteiger partial charge in [-0.25, -0.2) is 8.42 Å². The molecular weight excluding hydrogens is 389 g/mol. The van der Waals surface area contributed by atoms with Crippen LogP contribution < -0.4 is 10.6 Å². The van der Waals surface area contributed by atoms with Crippen LogP contribution in [0.4, 0.5) is 0 Å². The van der Waals surface area contributed by atoms with E-state index in [9.17, 15) is 8.42 Å². The van der Waals surface area contributed by atoms with Crippen LogP contribution in [-0.2, 0) is 9.84 Å². The molecule has 1 atom stereocenters. The van der Waals surface area contributed by atoms with Gasteiger partial charge in [-0.3, -0.25) is 4.99 Å². The lowest BCUT2D eigenvalue weighted by atomic mass is 10.2. The second kappa shape index (κ2) is 12.7. The molecule has 0 amide bonds. The van der Waals surface area contributed by atoms with E-state index in [1.54, 1.807) is 0 Å². The molecule has 0 rings (SSSR count). The molecule has 0 aromatic rings. The molecule has 0 spiro atoms. The van der Waals surface area contributed by atoms with Gasteiger partial charge in [-0.15, -0.1) is 24.0 Å². The molecule has 0 saturated carbocycles. The van der Waals surface area contributed by atoms with Crippen molar-refractivity contribution in [3.05, 3.63) is 0 Å². The van der Waals surface area contributed by atoms with Crippen molar-refractivity contribution in [3.8, 4) is 0 Å². The number of nitrogens with one attached hydrogen (secondary N) is 2. The summed E-state index contributed by atoms with van der Waals surface area (Å²) in [6.07, 6.45) is 5.32. The molecule has 1 unspecified atom stereocenters. The first kappa shape index (κ1) is 22.2. The summed E-state index contributed by atoms with van der Waals surface area (Å²) < 4.78 is 22.2. The third-order valence-corrected chi connectivity index (χ3v) is 3.66. The predicted octanol–water partition coefficient (Wildman–Crippen LogP) is 2.17. The van der Waals surface area contributed by atoms with Gasteiger partial charge in [0.25, 0.3) is 0 Å². The van der Waals surface area contributed by atoms with E-state index in [-0.39, 0.29) is 35.8 Å². The smallest absolute Gasteiger partial charge is 0.191 e. The van der Waals surface area contributed by atoms with E-state index in [4.69, 9.17) is 0 Å². The molecule has 0 aliphatic carbocycles. The van der Waals surface area contributed by atoms with Gasteiger partial charge in [-0.2, -0.15) is 0 Å². The maximum atomic E-state index is 11.1. The monoisotopic (exact) mass is 419 g/mol. The Balaban J connectivity index is 0. The summed E-state index contributed by atoms with van der Waals surface area (Å²) in [6, 6.07) is 0.0960. The lowest BCUT2D eigenvalue weighted by Crippen LogP contribution is -2.42. The summed E-state index contributed by atoms with van der Waals surface area (Å²) in [4.78, 5) is 4.48. The number of aliphatic imine (C=N–C) groups is 1. The van der Waals surface area contributed by atoms with Gasteiger partial charge in [-0.05, 0) is 26.7 Å².